The Morgan fingerprint density at radius 1 is 1.56 bits per heavy atom. The molecule has 0 spiro atoms. The van der Waals surface area contributed by atoms with Crippen LogP contribution in [-0.4, -0.2) is 11.9 Å². The standard InChI is InChI=1S/C13H17NO2/c1-4-7-10(5-2)14-13(15)12-9-8-11(6-3)16-12/h2,8-10H,4,6-7H2,1,3H3,(H,14,15). The SMILES string of the molecule is C#CC(CCC)NC(=O)c1ccc(CC)o1. The topological polar surface area (TPSA) is 42.2 Å². The summed E-state index contributed by atoms with van der Waals surface area (Å²) in [7, 11) is 0. The zero-order valence-electron chi connectivity index (χ0n) is 9.75. The van der Waals surface area contributed by atoms with Crippen molar-refractivity contribution in [3.63, 3.8) is 0 Å². The first-order chi connectivity index (χ1) is 7.71. The second kappa shape index (κ2) is 6.02. The molecule has 3 nitrogen and oxygen atoms in total. The van der Waals surface area contributed by atoms with E-state index in [9.17, 15) is 4.79 Å². The average molecular weight is 219 g/mol. The van der Waals surface area contributed by atoms with Crippen molar-refractivity contribution >= 4 is 5.91 Å². The van der Waals surface area contributed by atoms with Crippen molar-refractivity contribution in [3.05, 3.63) is 23.7 Å². The van der Waals surface area contributed by atoms with E-state index < -0.39 is 0 Å². The predicted octanol–water partition coefficient (Wildman–Crippen LogP) is 2.37. The molecule has 0 aliphatic carbocycles. The van der Waals surface area contributed by atoms with Gasteiger partial charge in [0, 0.05) is 6.42 Å². The number of nitrogens with one attached hydrogen (secondary N) is 1. The quantitative estimate of drug-likeness (QED) is 0.772. The largest absolute Gasteiger partial charge is 0.456 e. The van der Waals surface area contributed by atoms with Gasteiger partial charge in [0.05, 0.1) is 6.04 Å². The van der Waals surface area contributed by atoms with Gasteiger partial charge in [0.1, 0.15) is 5.76 Å². The van der Waals surface area contributed by atoms with Gasteiger partial charge < -0.3 is 9.73 Å². The van der Waals surface area contributed by atoms with Crippen molar-refractivity contribution in [1.29, 1.82) is 0 Å². The van der Waals surface area contributed by atoms with Crippen LogP contribution in [0.1, 0.15) is 43.0 Å². The summed E-state index contributed by atoms with van der Waals surface area (Å²) in [5, 5.41) is 2.75. The molecule has 0 aliphatic heterocycles. The molecule has 1 aromatic rings. The Balaban J connectivity index is 2.61. The third-order valence-corrected chi connectivity index (χ3v) is 2.32. The van der Waals surface area contributed by atoms with E-state index in [1.807, 2.05) is 13.8 Å². The minimum Gasteiger partial charge on any atom is -0.456 e. The summed E-state index contributed by atoms with van der Waals surface area (Å²) >= 11 is 0. The molecule has 0 aromatic carbocycles. The van der Waals surface area contributed by atoms with E-state index in [1.54, 1.807) is 12.1 Å². The monoisotopic (exact) mass is 219 g/mol. The first-order valence-electron chi connectivity index (χ1n) is 5.57. The molecule has 0 bridgehead atoms. The molecule has 1 amide bonds. The number of amides is 1. The van der Waals surface area contributed by atoms with Crippen molar-refractivity contribution in [2.24, 2.45) is 0 Å². The highest BCUT2D eigenvalue weighted by Crippen LogP contribution is 2.08. The van der Waals surface area contributed by atoms with E-state index in [-0.39, 0.29) is 11.9 Å². The zero-order chi connectivity index (χ0) is 12.0. The third kappa shape index (κ3) is 3.16. The van der Waals surface area contributed by atoms with Gasteiger partial charge in [-0.05, 0) is 18.6 Å². The molecule has 3 heteroatoms. The molecule has 1 aromatic heterocycles. The van der Waals surface area contributed by atoms with E-state index in [2.05, 4.69) is 11.2 Å². The lowest BCUT2D eigenvalue weighted by Gasteiger charge is -2.10. The Hall–Kier alpha value is -1.69. The molecule has 0 radical (unpaired) electrons. The summed E-state index contributed by atoms with van der Waals surface area (Å²) in [6.07, 6.45) is 7.82. The average Bonchev–Trinajstić information content (AvgIpc) is 2.76. The molecule has 0 fully saturated rings. The molecule has 0 aliphatic rings. The molecular weight excluding hydrogens is 202 g/mol. The van der Waals surface area contributed by atoms with Crippen molar-refractivity contribution in [2.75, 3.05) is 0 Å². The normalized spacial score (nSPS) is 11.8. The van der Waals surface area contributed by atoms with Crippen LogP contribution in [0.3, 0.4) is 0 Å². The fourth-order valence-corrected chi connectivity index (χ4v) is 1.41. The summed E-state index contributed by atoms with van der Waals surface area (Å²) in [5.74, 6) is 3.44. The Morgan fingerprint density at radius 3 is 2.81 bits per heavy atom. The van der Waals surface area contributed by atoms with Crippen LogP contribution in [0.15, 0.2) is 16.5 Å². The summed E-state index contributed by atoms with van der Waals surface area (Å²) in [4.78, 5) is 11.7. The fraction of sp³-hybridized carbons (Fsp3) is 0.462. The van der Waals surface area contributed by atoms with Crippen LogP contribution in [0.2, 0.25) is 0 Å². The first kappa shape index (κ1) is 12.4. The van der Waals surface area contributed by atoms with Crippen LogP contribution in [0.5, 0.6) is 0 Å². The lowest BCUT2D eigenvalue weighted by Crippen LogP contribution is -2.33. The second-order valence-corrected chi connectivity index (χ2v) is 3.60. The van der Waals surface area contributed by atoms with Crippen LogP contribution in [-0.2, 0) is 6.42 Å². The fourth-order valence-electron chi connectivity index (χ4n) is 1.41. The first-order valence-corrected chi connectivity index (χ1v) is 5.57. The molecule has 0 saturated heterocycles. The van der Waals surface area contributed by atoms with Crippen LogP contribution >= 0.6 is 0 Å². The Kier molecular flexibility index (Phi) is 4.65. The highest BCUT2D eigenvalue weighted by atomic mass is 16.3. The number of aryl methyl sites for hydroxylation is 1. The summed E-state index contributed by atoms with van der Waals surface area (Å²) in [5.41, 5.74) is 0. The molecule has 1 atom stereocenters. The van der Waals surface area contributed by atoms with E-state index in [4.69, 9.17) is 10.8 Å². The van der Waals surface area contributed by atoms with E-state index in [1.165, 1.54) is 0 Å². The minimum atomic E-state index is -0.240. The second-order valence-electron chi connectivity index (χ2n) is 3.60. The molecule has 1 rings (SSSR count). The Morgan fingerprint density at radius 2 is 2.31 bits per heavy atom. The van der Waals surface area contributed by atoms with Crippen LogP contribution in [0.25, 0.3) is 0 Å². The highest BCUT2D eigenvalue weighted by molar-refractivity contribution is 5.91. The lowest BCUT2D eigenvalue weighted by molar-refractivity contribution is 0.0914. The van der Waals surface area contributed by atoms with Crippen molar-refractivity contribution < 1.29 is 9.21 Å². The maximum Gasteiger partial charge on any atom is 0.287 e. The zero-order valence-corrected chi connectivity index (χ0v) is 9.75. The van der Waals surface area contributed by atoms with Gasteiger partial charge in [0.15, 0.2) is 5.76 Å². The number of carbonyl (C=O) groups is 1. The Labute approximate surface area is 96.2 Å². The summed E-state index contributed by atoms with van der Waals surface area (Å²) in [6, 6.07) is 3.26. The summed E-state index contributed by atoms with van der Waals surface area (Å²) < 4.78 is 5.34. The number of hydrogen-bond donors (Lipinski definition) is 1. The van der Waals surface area contributed by atoms with Crippen LogP contribution in [0, 0.1) is 12.3 Å². The van der Waals surface area contributed by atoms with Crippen molar-refractivity contribution in [3.8, 4) is 12.3 Å². The van der Waals surface area contributed by atoms with Gasteiger partial charge in [-0.25, -0.2) is 0 Å². The van der Waals surface area contributed by atoms with Gasteiger partial charge in [0.25, 0.3) is 5.91 Å². The molecular formula is C13H17NO2. The third-order valence-electron chi connectivity index (χ3n) is 2.32. The molecule has 86 valence electrons. The predicted molar refractivity (Wildman–Crippen MR) is 63.1 cm³/mol. The van der Waals surface area contributed by atoms with Gasteiger partial charge in [0.2, 0.25) is 0 Å². The van der Waals surface area contributed by atoms with Gasteiger partial charge in [-0.1, -0.05) is 26.2 Å². The number of carbonyl (C=O) groups excluding carboxylic acids is 1. The maximum atomic E-state index is 11.7. The smallest absolute Gasteiger partial charge is 0.287 e. The van der Waals surface area contributed by atoms with Crippen LogP contribution in [0.4, 0.5) is 0 Å². The van der Waals surface area contributed by atoms with Gasteiger partial charge in [-0.3, -0.25) is 4.79 Å². The molecule has 1 N–H and O–H groups in total. The van der Waals surface area contributed by atoms with Crippen molar-refractivity contribution in [2.45, 2.75) is 39.2 Å². The molecule has 1 heterocycles. The molecule has 1 unspecified atom stereocenters. The van der Waals surface area contributed by atoms with Gasteiger partial charge in [-0.2, -0.15) is 0 Å². The van der Waals surface area contributed by atoms with E-state index in [0.717, 1.165) is 25.0 Å². The van der Waals surface area contributed by atoms with Crippen molar-refractivity contribution in [1.82, 2.24) is 5.32 Å². The molecule has 16 heavy (non-hydrogen) atoms. The van der Waals surface area contributed by atoms with Gasteiger partial charge >= 0.3 is 0 Å². The number of furan rings is 1. The highest BCUT2D eigenvalue weighted by Gasteiger charge is 2.13. The number of rotatable bonds is 5. The van der Waals surface area contributed by atoms with E-state index >= 15 is 0 Å². The van der Waals surface area contributed by atoms with E-state index in [0.29, 0.717) is 5.76 Å². The molecule has 0 saturated carbocycles. The minimum absolute atomic E-state index is 0.215. The Bertz CT molecular complexity index is 387. The van der Waals surface area contributed by atoms with Gasteiger partial charge in [-0.15, -0.1) is 6.42 Å². The lowest BCUT2D eigenvalue weighted by atomic mass is 10.2. The number of hydrogen-bond acceptors (Lipinski definition) is 2. The summed E-state index contributed by atoms with van der Waals surface area (Å²) in [6.45, 7) is 4.00. The van der Waals surface area contributed by atoms with Crippen LogP contribution < -0.4 is 5.32 Å². The maximum absolute atomic E-state index is 11.7. The number of terminal acetylenes is 1.